The maximum absolute atomic E-state index is 13.4. The fourth-order valence-corrected chi connectivity index (χ4v) is 3.76. The maximum Gasteiger partial charge on any atom is 0.321 e. The smallest absolute Gasteiger partial charge is 0.321 e. The largest absolute Gasteiger partial charge is 0.336 e. The van der Waals surface area contributed by atoms with E-state index in [2.05, 4.69) is 10.6 Å². The first kappa shape index (κ1) is 22.2. The third kappa shape index (κ3) is 5.15. The summed E-state index contributed by atoms with van der Waals surface area (Å²) >= 11 is 12.3. The number of nitrogens with zero attached hydrogens (tertiary/aromatic N) is 2. The SMILES string of the molecule is CC(C)C1CN(C(=O)Nc2cccc(F)c2)CCN1C(=N)Nc1cccc(Cl)c1Cl. The van der Waals surface area contributed by atoms with Crippen molar-refractivity contribution in [2.45, 2.75) is 19.9 Å². The summed E-state index contributed by atoms with van der Waals surface area (Å²) in [6, 6.07) is 10.6. The average molecular weight is 452 g/mol. The molecule has 0 bridgehead atoms. The lowest BCUT2D eigenvalue weighted by Crippen LogP contribution is -2.60. The van der Waals surface area contributed by atoms with Gasteiger partial charge < -0.3 is 20.4 Å². The Bertz CT molecular complexity index is 939. The van der Waals surface area contributed by atoms with Crippen molar-refractivity contribution in [3.05, 3.63) is 58.3 Å². The van der Waals surface area contributed by atoms with Gasteiger partial charge in [-0.1, -0.05) is 49.2 Å². The molecule has 2 aromatic carbocycles. The van der Waals surface area contributed by atoms with E-state index in [1.54, 1.807) is 35.2 Å². The van der Waals surface area contributed by atoms with E-state index in [-0.39, 0.29) is 24.0 Å². The molecular formula is C21H24Cl2FN5O. The minimum absolute atomic E-state index is 0.0741. The monoisotopic (exact) mass is 451 g/mol. The summed E-state index contributed by atoms with van der Waals surface area (Å²) in [4.78, 5) is 16.3. The predicted molar refractivity (Wildman–Crippen MR) is 120 cm³/mol. The standard InChI is InChI=1S/C21H24Cl2FN5O/c1-13(2)18-12-28(21(30)26-15-6-3-5-14(24)11-15)9-10-29(18)20(25)27-17-8-4-7-16(22)19(17)23/h3-8,11,13,18H,9-10,12H2,1-2H3,(H2,25,27)(H,26,30). The molecule has 3 rings (SSSR count). The predicted octanol–water partition coefficient (Wildman–Crippen LogP) is 5.35. The minimum Gasteiger partial charge on any atom is -0.336 e. The highest BCUT2D eigenvalue weighted by Gasteiger charge is 2.33. The second kappa shape index (κ2) is 9.53. The summed E-state index contributed by atoms with van der Waals surface area (Å²) in [6.07, 6.45) is 0. The Labute approximate surface area is 185 Å². The van der Waals surface area contributed by atoms with Crippen LogP contribution in [0.1, 0.15) is 13.8 Å². The van der Waals surface area contributed by atoms with Crippen LogP contribution in [0.3, 0.4) is 0 Å². The van der Waals surface area contributed by atoms with Gasteiger partial charge in [-0.05, 0) is 36.2 Å². The fraction of sp³-hybridized carbons (Fsp3) is 0.333. The van der Waals surface area contributed by atoms with Crippen LogP contribution in [0.5, 0.6) is 0 Å². The third-order valence-electron chi connectivity index (χ3n) is 5.04. The molecule has 1 heterocycles. The first-order valence-corrected chi connectivity index (χ1v) is 10.4. The number of benzene rings is 2. The van der Waals surface area contributed by atoms with Gasteiger partial charge in [-0.25, -0.2) is 9.18 Å². The normalized spacial score (nSPS) is 16.5. The minimum atomic E-state index is -0.406. The van der Waals surface area contributed by atoms with E-state index in [1.807, 2.05) is 18.7 Å². The van der Waals surface area contributed by atoms with Gasteiger partial charge in [0.25, 0.3) is 0 Å². The average Bonchev–Trinajstić information content (AvgIpc) is 2.71. The zero-order valence-electron chi connectivity index (χ0n) is 16.8. The van der Waals surface area contributed by atoms with E-state index < -0.39 is 5.82 Å². The number of piperazine rings is 1. The van der Waals surface area contributed by atoms with Crippen LogP contribution in [0, 0.1) is 17.1 Å². The number of carbonyl (C=O) groups is 1. The number of rotatable bonds is 3. The van der Waals surface area contributed by atoms with Crippen molar-refractivity contribution in [3.8, 4) is 0 Å². The van der Waals surface area contributed by atoms with Crippen molar-refractivity contribution in [3.63, 3.8) is 0 Å². The van der Waals surface area contributed by atoms with Gasteiger partial charge in [0.05, 0.1) is 21.8 Å². The van der Waals surface area contributed by atoms with Gasteiger partial charge in [-0.15, -0.1) is 0 Å². The number of hydrogen-bond donors (Lipinski definition) is 3. The molecule has 6 nitrogen and oxygen atoms in total. The molecule has 9 heteroatoms. The molecule has 2 amide bonds. The fourth-order valence-electron chi connectivity index (χ4n) is 3.41. The molecule has 2 aromatic rings. The molecule has 0 saturated carbocycles. The Hall–Kier alpha value is -2.51. The summed E-state index contributed by atoms with van der Waals surface area (Å²) in [5, 5.41) is 15.1. The summed E-state index contributed by atoms with van der Waals surface area (Å²) in [5.41, 5.74) is 0.969. The molecule has 0 spiro atoms. The molecule has 0 aromatic heterocycles. The molecule has 1 atom stereocenters. The molecule has 3 N–H and O–H groups in total. The lowest BCUT2D eigenvalue weighted by atomic mass is 10.00. The van der Waals surface area contributed by atoms with Crippen LogP contribution >= 0.6 is 23.2 Å². The Morgan fingerprint density at radius 1 is 1.17 bits per heavy atom. The van der Waals surface area contributed by atoms with Gasteiger partial charge in [-0.2, -0.15) is 0 Å². The first-order chi connectivity index (χ1) is 14.3. The molecule has 1 fully saturated rings. The van der Waals surface area contributed by atoms with Crippen LogP contribution in [0.25, 0.3) is 0 Å². The number of guanidine groups is 1. The maximum atomic E-state index is 13.4. The molecule has 0 radical (unpaired) electrons. The van der Waals surface area contributed by atoms with E-state index in [0.29, 0.717) is 41.1 Å². The van der Waals surface area contributed by atoms with Gasteiger partial charge >= 0.3 is 6.03 Å². The highest BCUT2D eigenvalue weighted by atomic mass is 35.5. The summed E-state index contributed by atoms with van der Waals surface area (Å²) in [5.74, 6) is -0.0216. The third-order valence-corrected chi connectivity index (χ3v) is 5.86. The molecular weight excluding hydrogens is 428 g/mol. The highest BCUT2D eigenvalue weighted by molar-refractivity contribution is 6.44. The second-order valence-corrected chi connectivity index (χ2v) is 8.25. The lowest BCUT2D eigenvalue weighted by Gasteiger charge is -2.44. The Balaban J connectivity index is 1.68. The van der Waals surface area contributed by atoms with E-state index in [9.17, 15) is 9.18 Å². The summed E-state index contributed by atoms with van der Waals surface area (Å²) < 4.78 is 13.4. The Kier molecular flexibility index (Phi) is 7.05. The number of nitrogens with one attached hydrogen (secondary N) is 3. The summed E-state index contributed by atoms with van der Waals surface area (Å²) in [7, 11) is 0. The number of amides is 2. The molecule has 160 valence electrons. The van der Waals surface area contributed by atoms with Gasteiger partial charge in [-0.3, -0.25) is 5.41 Å². The highest BCUT2D eigenvalue weighted by Crippen LogP contribution is 2.30. The molecule has 0 aliphatic carbocycles. The second-order valence-electron chi connectivity index (χ2n) is 7.47. The molecule has 1 saturated heterocycles. The van der Waals surface area contributed by atoms with Gasteiger partial charge in [0.15, 0.2) is 5.96 Å². The number of urea groups is 1. The zero-order chi connectivity index (χ0) is 21.8. The topological polar surface area (TPSA) is 71.5 Å². The van der Waals surface area contributed by atoms with Gasteiger partial charge in [0.1, 0.15) is 5.82 Å². The van der Waals surface area contributed by atoms with Crippen molar-refractivity contribution in [2.24, 2.45) is 5.92 Å². The van der Waals surface area contributed by atoms with E-state index in [4.69, 9.17) is 28.6 Å². The Morgan fingerprint density at radius 2 is 1.90 bits per heavy atom. The molecule has 1 aliphatic rings. The van der Waals surface area contributed by atoms with Crippen LogP contribution in [0.15, 0.2) is 42.5 Å². The van der Waals surface area contributed by atoms with Crippen molar-refractivity contribution < 1.29 is 9.18 Å². The van der Waals surface area contributed by atoms with Crippen molar-refractivity contribution in [1.29, 1.82) is 5.41 Å². The van der Waals surface area contributed by atoms with E-state index in [1.165, 1.54) is 12.1 Å². The number of carbonyl (C=O) groups excluding carboxylic acids is 1. The lowest BCUT2D eigenvalue weighted by molar-refractivity contribution is 0.119. The van der Waals surface area contributed by atoms with E-state index >= 15 is 0 Å². The molecule has 1 unspecified atom stereocenters. The number of halogens is 3. The van der Waals surface area contributed by atoms with E-state index in [0.717, 1.165) is 0 Å². The number of anilines is 2. The van der Waals surface area contributed by atoms with Gasteiger partial charge in [0, 0.05) is 25.3 Å². The summed E-state index contributed by atoms with van der Waals surface area (Å²) in [6.45, 7) is 5.43. The molecule has 1 aliphatic heterocycles. The number of hydrogen-bond acceptors (Lipinski definition) is 2. The van der Waals surface area contributed by atoms with Crippen molar-refractivity contribution in [2.75, 3.05) is 30.3 Å². The van der Waals surface area contributed by atoms with Crippen molar-refractivity contribution in [1.82, 2.24) is 9.80 Å². The Morgan fingerprint density at radius 3 is 2.60 bits per heavy atom. The van der Waals surface area contributed by atoms with Crippen LogP contribution < -0.4 is 10.6 Å². The van der Waals surface area contributed by atoms with Crippen LogP contribution in [-0.4, -0.2) is 47.5 Å². The van der Waals surface area contributed by atoms with Crippen LogP contribution in [0.4, 0.5) is 20.6 Å². The first-order valence-electron chi connectivity index (χ1n) is 9.64. The van der Waals surface area contributed by atoms with Crippen molar-refractivity contribution >= 4 is 46.6 Å². The van der Waals surface area contributed by atoms with Crippen LogP contribution in [-0.2, 0) is 0 Å². The molecule has 30 heavy (non-hydrogen) atoms. The zero-order valence-corrected chi connectivity index (χ0v) is 18.3. The quantitative estimate of drug-likeness (QED) is 0.434. The van der Waals surface area contributed by atoms with Gasteiger partial charge in [0.2, 0.25) is 0 Å². The van der Waals surface area contributed by atoms with Crippen LogP contribution in [0.2, 0.25) is 10.0 Å².